The fraction of sp³-hybridized carbons (Fsp3) is 0.385. The van der Waals surface area contributed by atoms with Crippen LogP contribution in [0.25, 0.3) is 0 Å². The van der Waals surface area contributed by atoms with Crippen molar-refractivity contribution >= 4 is 51.0 Å². The van der Waals surface area contributed by atoms with Crippen molar-refractivity contribution in [3.63, 3.8) is 0 Å². The van der Waals surface area contributed by atoms with Crippen molar-refractivity contribution < 1.29 is 37.1 Å². The van der Waals surface area contributed by atoms with Crippen LogP contribution in [0.2, 0.25) is 0 Å². The smallest absolute Gasteiger partial charge is 0.428 e. The molecular weight excluding hydrogens is 528 g/mol. The van der Waals surface area contributed by atoms with Crippen molar-refractivity contribution in [3.05, 3.63) is 47.5 Å². The summed E-state index contributed by atoms with van der Waals surface area (Å²) in [5.74, 6) is -0.607. The van der Waals surface area contributed by atoms with Gasteiger partial charge in [0.25, 0.3) is 5.91 Å². The van der Waals surface area contributed by atoms with Gasteiger partial charge in [0.15, 0.2) is 0 Å². The van der Waals surface area contributed by atoms with Crippen molar-refractivity contribution in [2.24, 2.45) is 0 Å². The van der Waals surface area contributed by atoms with Crippen LogP contribution < -0.4 is 24.6 Å². The average Bonchev–Trinajstić information content (AvgIpc) is 2.83. The molecule has 1 heterocycles. The summed E-state index contributed by atoms with van der Waals surface area (Å²) in [5, 5.41) is 5.02. The second kappa shape index (κ2) is 11.3. The summed E-state index contributed by atoms with van der Waals surface area (Å²) in [7, 11) is -2.53. The average molecular weight is 561 g/mol. The Kier molecular flexibility index (Phi) is 8.54. The summed E-state index contributed by atoms with van der Waals surface area (Å²) in [6, 6.07) is 8.28. The maximum absolute atomic E-state index is 13.5. The number of amides is 5. The van der Waals surface area contributed by atoms with Crippen LogP contribution in [0.15, 0.2) is 36.4 Å². The summed E-state index contributed by atoms with van der Waals surface area (Å²) in [6.07, 6.45) is -0.0479. The number of anilines is 3. The molecule has 13 heteroatoms. The molecule has 0 aromatic heterocycles. The van der Waals surface area contributed by atoms with Crippen molar-refractivity contribution in [2.45, 2.75) is 39.5 Å². The molecular formula is C26H32N4O8S. The third-order valence-electron chi connectivity index (χ3n) is 5.82. The van der Waals surface area contributed by atoms with Crippen molar-refractivity contribution in [2.75, 3.05) is 41.0 Å². The lowest BCUT2D eigenvalue weighted by Crippen LogP contribution is -2.49. The highest BCUT2D eigenvalue weighted by Gasteiger charge is 2.31. The van der Waals surface area contributed by atoms with Crippen molar-refractivity contribution in [3.8, 4) is 5.75 Å². The molecule has 12 nitrogen and oxygen atoms in total. The number of rotatable bonds is 7. The van der Waals surface area contributed by atoms with E-state index in [9.17, 15) is 27.6 Å². The van der Waals surface area contributed by atoms with E-state index in [0.29, 0.717) is 27.0 Å². The van der Waals surface area contributed by atoms with Gasteiger partial charge >= 0.3 is 12.1 Å². The lowest BCUT2D eigenvalue weighted by Gasteiger charge is -2.30. The topological polar surface area (TPSA) is 151 Å². The number of carbonyl (C=O) groups is 4. The number of carbonyl (C=O) groups excluding carboxylic acids is 4. The van der Waals surface area contributed by atoms with E-state index >= 15 is 0 Å². The number of benzene rings is 2. The van der Waals surface area contributed by atoms with E-state index in [1.54, 1.807) is 13.0 Å². The number of nitrogens with one attached hydrogen (secondary N) is 2. The minimum atomic E-state index is -3.97. The molecule has 1 aliphatic rings. The molecule has 0 unspecified atom stereocenters. The Morgan fingerprint density at radius 1 is 1.13 bits per heavy atom. The van der Waals surface area contributed by atoms with Gasteiger partial charge in [-0.05, 0) is 48.7 Å². The van der Waals surface area contributed by atoms with Crippen LogP contribution in [0, 0.1) is 0 Å². The van der Waals surface area contributed by atoms with Crippen LogP contribution in [0.5, 0.6) is 5.75 Å². The van der Waals surface area contributed by atoms with Crippen LogP contribution >= 0.6 is 0 Å². The van der Waals surface area contributed by atoms with Gasteiger partial charge in [-0.1, -0.05) is 20.8 Å². The second-order valence-electron chi connectivity index (χ2n) is 9.81. The van der Waals surface area contributed by atoms with Gasteiger partial charge < -0.3 is 14.8 Å². The first-order valence-corrected chi connectivity index (χ1v) is 13.9. The van der Waals surface area contributed by atoms with Gasteiger partial charge in [0, 0.05) is 29.9 Å². The Morgan fingerprint density at radius 3 is 2.28 bits per heavy atom. The van der Waals surface area contributed by atoms with Gasteiger partial charge in [-0.2, -0.15) is 4.31 Å². The first-order valence-electron chi connectivity index (χ1n) is 12.1. The zero-order valence-electron chi connectivity index (χ0n) is 22.7. The molecule has 5 amide bonds. The number of imide groups is 1. The molecule has 3 rings (SSSR count). The zero-order chi connectivity index (χ0) is 29.1. The van der Waals surface area contributed by atoms with Crippen LogP contribution in [-0.2, 0) is 25.0 Å². The van der Waals surface area contributed by atoms with E-state index in [0.717, 1.165) is 6.26 Å². The van der Waals surface area contributed by atoms with Gasteiger partial charge in [-0.3, -0.25) is 19.8 Å². The number of hydrogen-bond acceptors (Lipinski definition) is 8. The highest BCUT2D eigenvalue weighted by Crippen LogP contribution is 2.38. The quantitative estimate of drug-likeness (QED) is 0.521. The SMILES string of the molecule is CCOC(=O)N(c1ccc(NC(=O)c2cc(N3CCC(=O)NC3=O)cc(C(C)(C)C)c2OC)cc1)S(C)(=O)=O. The van der Waals surface area contributed by atoms with Gasteiger partial charge in [0.1, 0.15) is 5.75 Å². The lowest BCUT2D eigenvalue weighted by atomic mass is 9.84. The Hall–Kier alpha value is -4.13. The highest BCUT2D eigenvalue weighted by atomic mass is 32.2. The molecule has 0 bridgehead atoms. The Morgan fingerprint density at radius 2 is 1.77 bits per heavy atom. The molecule has 2 aromatic rings. The number of hydrogen-bond donors (Lipinski definition) is 2. The predicted octanol–water partition coefficient (Wildman–Crippen LogP) is 3.61. The summed E-state index contributed by atoms with van der Waals surface area (Å²) >= 11 is 0. The van der Waals surface area contributed by atoms with Gasteiger partial charge in [0.2, 0.25) is 15.9 Å². The fourth-order valence-electron chi connectivity index (χ4n) is 4.02. The monoisotopic (exact) mass is 560 g/mol. The Bertz CT molecular complexity index is 1400. The largest absolute Gasteiger partial charge is 0.496 e. The Balaban J connectivity index is 1.99. The summed E-state index contributed by atoms with van der Waals surface area (Å²) in [4.78, 5) is 51.2. The summed E-state index contributed by atoms with van der Waals surface area (Å²) in [5.41, 5.74) is 1.12. The minimum absolute atomic E-state index is 0.00809. The van der Waals surface area contributed by atoms with Crippen LogP contribution in [0.1, 0.15) is 50.0 Å². The number of methoxy groups -OCH3 is 1. The van der Waals surface area contributed by atoms with Crippen molar-refractivity contribution in [1.82, 2.24) is 5.32 Å². The Labute approximate surface area is 227 Å². The number of nitrogens with zero attached hydrogens (tertiary/aromatic N) is 2. The molecule has 210 valence electrons. The van der Waals surface area contributed by atoms with E-state index < -0.39 is 33.5 Å². The summed E-state index contributed by atoms with van der Waals surface area (Å²) < 4.78 is 35.3. The summed E-state index contributed by atoms with van der Waals surface area (Å²) in [6.45, 7) is 7.51. The van der Waals surface area contributed by atoms with Crippen molar-refractivity contribution in [1.29, 1.82) is 0 Å². The molecule has 1 saturated heterocycles. The van der Waals surface area contributed by atoms with E-state index in [4.69, 9.17) is 9.47 Å². The number of ether oxygens (including phenoxy) is 2. The maximum Gasteiger partial charge on any atom is 0.428 e. The molecule has 2 N–H and O–H groups in total. The molecule has 0 spiro atoms. The third kappa shape index (κ3) is 6.66. The van der Waals surface area contributed by atoms with Gasteiger partial charge in [-0.25, -0.2) is 18.0 Å². The van der Waals surface area contributed by atoms with Gasteiger partial charge in [-0.15, -0.1) is 0 Å². The van der Waals surface area contributed by atoms with E-state index in [2.05, 4.69) is 10.6 Å². The van der Waals surface area contributed by atoms with Gasteiger partial charge in [0.05, 0.1) is 31.2 Å². The molecule has 1 fully saturated rings. The maximum atomic E-state index is 13.5. The van der Waals surface area contributed by atoms with E-state index in [1.807, 2.05) is 20.8 Å². The molecule has 2 aromatic carbocycles. The molecule has 1 aliphatic heterocycles. The highest BCUT2D eigenvalue weighted by molar-refractivity contribution is 7.92. The van der Waals surface area contributed by atoms with Crippen LogP contribution in [-0.4, -0.2) is 58.9 Å². The molecule has 39 heavy (non-hydrogen) atoms. The standard InChI is InChI=1S/C26H32N4O8S/c1-7-38-25(34)30(39(6,35)36)17-10-8-16(9-11-17)27-23(32)19-14-18(29-13-12-21(31)28-24(29)33)15-20(22(19)37-5)26(2,3)4/h8-11,14-15H,7,12-13H2,1-6H3,(H,27,32)(H,28,31,33). The molecule has 0 saturated carbocycles. The molecule has 0 radical (unpaired) electrons. The first kappa shape index (κ1) is 29.4. The van der Waals surface area contributed by atoms with Crippen LogP contribution in [0.4, 0.5) is 26.7 Å². The van der Waals surface area contributed by atoms with E-state index in [-0.39, 0.29) is 36.7 Å². The third-order valence-corrected chi connectivity index (χ3v) is 6.84. The first-order chi connectivity index (χ1) is 18.2. The minimum Gasteiger partial charge on any atom is -0.496 e. The number of sulfonamides is 1. The zero-order valence-corrected chi connectivity index (χ0v) is 23.5. The predicted molar refractivity (Wildman–Crippen MR) is 146 cm³/mol. The van der Waals surface area contributed by atoms with Crippen LogP contribution in [0.3, 0.4) is 0 Å². The number of urea groups is 1. The molecule has 0 atom stereocenters. The molecule has 0 aliphatic carbocycles. The second-order valence-corrected chi connectivity index (χ2v) is 11.6. The fourth-order valence-corrected chi connectivity index (χ4v) is 4.85. The lowest BCUT2D eigenvalue weighted by molar-refractivity contribution is -0.120. The van der Waals surface area contributed by atoms with E-state index in [1.165, 1.54) is 42.3 Å². The normalized spacial score (nSPS) is 13.9.